The SMILES string of the molecule is C[C@H]1OC[C@]2(c3cc(NC(=O)c4cnc(C(F)F)cn4)ccc3F)N=C(N(C(=O)OC(C)(C)C)C(=O)OC(C)(C)C)N(C)C(=O)[C@H]12. The largest absolute Gasteiger partial charge is 0.443 e. The minimum Gasteiger partial charge on any atom is -0.443 e. The Balaban J connectivity index is 1.83. The first-order valence-corrected chi connectivity index (χ1v) is 14.2. The predicted octanol–water partition coefficient (Wildman–Crippen LogP) is 5.04. The maximum Gasteiger partial charge on any atom is 0.427 e. The molecule has 0 radical (unpaired) electrons. The molecule has 46 heavy (non-hydrogen) atoms. The second kappa shape index (κ2) is 12.3. The van der Waals surface area contributed by atoms with E-state index < -0.39 is 76.7 Å². The lowest BCUT2D eigenvalue weighted by molar-refractivity contribution is -0.135. The first-order chi connectivity index (χ1) is 21.2. The van der Waals surface area contributed by atoms with Gasteiger partial charge in [0, 0.05) is 18.3 Å². The number of amides is 4. The van der Waals surface area contributed by atoms with E-state index in [4.69, 9.17) is 14.2 Å². The summed E-state index contributed by atoms with van der Waals surface area (Å²) < 4.78 is 58.2. The lowest BCUT2D eigenvalue weighted by Crippen LogP contribution is -2.60. The molecule has 0 spiro atoms. The van der Waals surface area contributed by atoms with Crippen molar-refractivity contribution >= 4 is 35.6 Å². The molecule has 1 fully saturated rings. The Hall–Kier alpha value is -4.60. The van der Waals surface area contributed by atoms with Crippen molar-refractivity contribution in [1.82, 2.24) is 19.8 Å². The number of carbonyl (C=O) groups is 4. The van der Waals surface area contributed by atoms with Gasteiger partial charge in [-0.2, -0.15) is 0 Å². The van der Waals surface area contributed by atoms with Gasteiger partial charge in [0.05, 0.1) is 31.0 Å². The standard InChI is InChI=1S/C30H35F3N6O7/c1-15-21-24(41)38(8)25(39(26(42)45-28(2,3)4)27(43)46-29(5,6)7)37-30(21,14-44-15)17-11-16(9-10-18(17)31)36-23(40)20-13-34-19(12-35-20)22(32)33/h9-13,15,21-22H,14H2,1-8H3,(H,36,40)/t15-,21+,30-/m1/s1. The summed E-state index contributed by atoms with van der Waals surface area (Å²) in [5.74, 6) is -3.92. The Morgan fingerprint density at radius 2 is 1.67 bits per heavy atom. The summed E-state index contributed by atoms with van der Waals surface area (Å²) in [7, 11) is 1.30. The second-order valence-electron chi connectivity index (χ2n) is 12.8. The summed E-state index contributed by atoms with van der Waals surface area (Å²) in [4.78, 5) is 67.0. The summed E-state index contributed by atoms with van der Waals surface area (Å²) in [6, 6.07) is 3.49. The average molecular weight is 649 g/mol. The number of guanidine groups is 1. The van der Waals surface area contributed by atoms with Gasteiger partial charge in [0.1, 0.15) is 33.9 Å². The Labute approximate surface area is 263 Å². The van der Waals surface area contributed by atoms with Crippen molar-refractivity contribution in [1.29, 1.82) is 0 Å². The van der Waals surface area contributed by atoms with Gasteiger partial charge in [0.2, 0.25) is 11.9 Å². The highest BCUT2D eigenvalue weighted by molar-refractivity contribution is 6.14. The van der Waals surface area contributed by atoms with E-state index in [0.717, 1.165) is 23.4 Å². The van der Waals surface area contributed by atoms with Gasteiger partial charge in [0.15, 0.2) is 0 Å². The number of nitrogens with zero attached hydrogens (tertiary/aromatic N) is 5. The summed E-state index contributed by atoms with van der Waals surface area (Å²) in [5, 5.41) is 2.50. The number of halogens is 3. The molecule has 13 nitrogen and oxygen atoms in total. The van der Waals surface area contributed by atoms with Crippen LogP contribution < -0.4 is 5.32 Å². The highest BCUT2D eigenvalue weighted by atomic mass is 19.3. The Morgan fingerprint density at radius 3 is 2.20 bits per heavy atom. The summed E-state index contributed by atoms with van der Waals surface area (Å²) >= 11 is 0. The molecule has 1 aromatic heterocycles. The third-order valence-electron chi connectivity index (χ3n) is 6.92. The van der Waals surface area contributed by atoms with E-state index in [1.54, 1.807) is 48.5 Å². The van der Waals surface area contributed by atoms with Crippen molar-refractivity contribution in [3.8, 4) is 0 Å². The Morgan fingerprint density at radius 1 is 1.07 bits per heavy atom. The quantitative estimate of drug-likeness (QED) is 0.481. The van der Waals surface area contributed by atoms with Gasteiger partial charge in [-0.05, 0) is 66.7 Å². The van der Waals surface area contributed by atoms with Crippen LogP contribution in [0.5, 0.6) is 0 Å². The molecule has 4 rings (SSSR count). The monoisotopic (exact) mass is 648 g/mol. The molecule has 0 bridgehead atoms. The van der Waals surface area contributed by atoms with Gasteiger partial charge in [-0.3, -0.25) is 19.5 Å². The van der Waals surface area contributed by atoms with E-state index in [1.807, 2.05) is 0 Å². The van der Waals surface area contributed by atoms with Crippen LogP contribution in [-0.2, 0) is 24.5 Å². The maximum absolute atomic E-state index is 15.8. The lowest BCUT2D eigenvalue weighted by atomic mass is 9.76. The summed E-state index contributed by atoms with van der Waals surface area (Å²) in [6.45, 7) is 10.7. The zero-order valence-corrected chi connectivity index (χ0v) is 26.6. The molecule has 3 atom stereocenters. The lowest BCUT2D eigenvalue weighted by Gasteiger charge is -2.41. The zero-order valence-electron chi connectivity index (χ0n) is 26.6. The fourth-order valence-corrected chi connectivity index (χ4v) is 4.96. The number of nitrogens with one attached hydrogen (secondary N) is 1. The molecular weight excluding hydrogens is 613 g/mol. The summed E-state index contributed by atoms with van der Waals surface area (Å²) in [6.07, 6.45) is -4.41. The number of alkyl halides is 2. The number of rotatable bonds is 4. The van der Waals surface area contributed by atoms with Crippen LogP contribution in [0.15, 0.2) is 35.6 Å². The van der Waals surface area contributed by atoms with E-state index in [1.165, 1.54) is 19.2 Å². The smallest absolute Gasteiger partial charge is 0.427 e. The van der Waals surface area contributed by atoms with Crippen LogP contribution >= 0.6 is 0 Å². The number of hydrogen-bond donors (Lipinski definition) is 1. The van der Waals surface area contributed by atoms with Crippen molar-refractivity contribution in [2.24, 2.45) is 10.9 Å². The third kappa shape index (κ3) is 6.95. The van der Waals surface area contributed by atoms with Gasteiger partial charge in [-0.1, -0.05) is 0 Å². The average Bonchev–Trinajstić information content (AvgIpc) is 3.27. The second-order valence-corrected chi connectivity index (χ2v) is 12.8. The predicted molar refractivity (Wildman–Crippen MR) is 156 cm³/mol. The van der Waals surface area contributed by atoms with Gasteiger partial charge in [-0.25, -0.2) is 32.7 Å². The topological polar surface area (TPSA) is 153 Å². The number of aromatic nitrogens is 2. The number of benzene rings is 1. The van der Waals surface area contributed by atoms with Crippen LogP contribution in [-0.4, -0.2) is 80.7 Å². The van der Waals surface area contributed by atoms with Crippen LogP contribution in [0.4, 0.5) is 28.4 Å². The van der Waals surface area contributed by atoms with Crippen LogP contribution in [0.3, 0.4) is 0 Å². The van der Waals surface area contributed by atoms with Crippen LogP contribution in [0, 0.1) is 11.7 Å². The highest BCUT2D eigenvalue weighted by Gasteiger charge is 2.60. The van der Waals surface area contributed by atoms with Crippen molar-refractivity contribution < 1.29 is 46.6 Å². The van der Waals surface area contributed by atoms with Gasteiger partial charge >= 0.3 is 12.2 Å². The fraction of sp³-hybridized carbons (Fsp3) is 0.500. The number of ether oxygens (including phenoxy) is 3. The minimum absolute atomic E-state index is 0.0353. The molecule has 0 unspecified atom stereocenters. The van der Waals surface area contributed by atoms with Crippen molar-refractivity contribution in [2.75, 3.05) is 19.0 Å². The summed E-state index contributed by atoms with van der Waals surface area (Å²) in [5.41, 5.74) is -5.01. The molecule has 2 aromatic rings. The third-order valence-corrected chi connectivity index (χ3v) is 6.92. The van der Waals surface area contributed by atoms with Crippen molar-refractivity contribution in [2.45, 2.75) is 77.7 Å². The van der Waals surface area contributed by atoms with E-state index in [9.17, 15) is 28.0 Å². The highest BCUT2D eigenvalue weighted by Crippen LogP contribution is 2.48. The van der Waals surface area contributed by atoms with Gasteiger partial charge < -0.3 is 19.5 Å². The molecule has 0 aliphatic carbocycles. The van der Waals surface area contributed by atoms with E-state index >= 15 is 4.39 Å². The molecule has 2 aliphatic heterocycles. The first kappa shape index (κ1) is 34.3. The maximum atomic E-state index is 15.8. The number of anilines is 1. The molecular formula is C30H35F3N6O7. The van der Waals surface area contributed by atoms with Crippen LogP contribution in [0.25, 0.3) is 0 Å². The van der Waals surface area contributed by atoms with Gasteiger partial charge in [-0.15, -0.1) is 4.90 Å². The minimum atomic E-state index is -2.88. The molecule has 1 aromatic carbocycles. The molecule has 16 heteroatoms. The number of aliphatic imine (C=N–C) groups is 1. The van der Waals surface area contributed by atoms with Gasteiger partial charge in [0.25, 0.3) is 12.3 Å². The molecule has 248 valence electrons. The molecule has 1 N–H and O–H groups in total. The normalized spacial score (nSPS) is 21.4. The first-order valence-electron chi connectivity index (χ1n) is 14.2. The number of fused-ring (bicyclic) bond motifs is 1. The number of carbonyl (C=O) groups excluding carboxylic acids is 4. The van der Waals surface area contributed by atoms with Crippen molar-refractivity contribution in [3.05, 3.63) is 53.4 Å². The molecule has 0 saturated carbocycles. The number of hydrogen-bond acceptors (Lipinski definition) is 10. The van der Waals surface area contributed by atoms with Crippen LogP contribution in [0.2, 0.25) is 0 Å². The van der Waals surface area contributed by atoms with Crippen LogP contribution in [0.1, 0.15) is 76.6 Å². The Kier molecular flexibility index (Phi) is 9.17. The fourth-order valence-electron chi connectivity index (χ4n) is 4.96. The molecule has 4 amide bonds. The Bertz CT molecular complexity index is 1540. The molecule has 3 heterocycles. The molecule has 2 aliphatic rings. The van der Waals surface area contributed by atoms with E-state index in [2.05, 4.69) is 20.3 Å². The van der Waals surface area contributed by atoms with E-state index in [-0.39, 0.29) is 23.6 Å². The zero-order chi connectivity index (χ0) is 34.4. The van der Waals surface area contributed by atoms with Crippen molar-refractivity contribution in [3.63, 3.8) is 0 Å². The molecule has 1 saturated heterocycles. The van der Waals surface area contributed by atoms with E-state index in [0.29, 0.717) is 4.90 Å². The number of imide groups is 1.